The molecule has 1 unspecified atom stereocenters. The summed E-state index contributed by atoms with van der Waals surface area (Å²) in [7, 11) is 0. The van der Waals surface area contributed by atoms with Gasteiger partial charge in [-0.15, -0.1) is 0 Å². The molecule has 324 valence electrons. The molecule has 1 heterocycles. The number of hydrogen-bond donors (Lipinski definition) is 1. The summed E-state index contributed by atoms with van der Waals surface area (Å²) in [5.74, 6) is -0.250. The first-order chi connectivity index (χ1) is 26.9. The van der Waals surface area contributed by atoms with Crippen molar-refractivity contribution in [2.75, 3.05) is 32.9 Å². The molecule has 0 bridgehead atoms. The molecule has 1 aliphatic heterocycles. The van der Waals surface area contributed by atoms with Crippen LogP contribution in [0.25, 0.3) is 0 Å². The Bertz CT molecular complexity index is 883. The van der Waals surface area contributed by atoms with Gasteiger partial charge >= 0.3 is 17.9 Å². The molecule has 0 aromatic rings. The Morgan fingerprint density at radius 1 is 0.527 bits per heavy atom. The van der Waals surface area contributed by atoms with Crippen LogP contribution in [0.15, 0.2) is 0 Å². The summed E-state index contributed by atoms with van der Waals surface area (Å²) >= 11 is 0. The number of hydrogen-bond acceptors (Lipinski definition) is 8. The Hall–Kier alpha value is -1.67. The number of rotatable bonds is 40. The molecule has 0 aliphatic carbocycles. The molecule has 1 aliphatic rings. The van der Waals surface area contributed by atoms with Crippen LogP contribution in [0, 0.1) is 5.92 Å². The average molecular weight is 780 g/mol. The van der Waals surface area contributed by atoms with Crippen molar-refractivity contribution in [3.8, 4) is 0 Å². The maximum atomic E-state index is 13.0. The van der Waals surface area contributed by atoms with Gasteiger partial charge in [0.2, 0.25) is 0 Å². The van der Waals surface area contributed by atoms with Gasteiger partial charge in [0.15, 0.2) is 0 Å². The minimum atomic E-state index is -0.505. The lowest BCUT2D eigenvalue weighted by Gasteiger charge is -2.22. The Balaban J connectivity index is 2.13. The largest absolute Gasteiger partial charge is 0.466 e. The number of aliphatic hydroxyl groups excluding tert-OH is 1. The highest BCUT2D eigenvalue weighted by atomic mass is 16.5. The van der Waals surface area contributed by atoms with E-state index in [0.717, 1.165) is 96.4 Å². The number of aliphatic hydroxyl groups is 1. The summed E-state index contributed by atoms with van der Waals surface area (Å²) in [5, 5.41) is 10.3. The SMILES string of the molecule is CCCCCCCCCCCC(=O)OCCCCCN1CC(O)C[C@H]1C(=O)OCCCCCCCOC(=O)C(CCCCCCCC)CCCCCCCC. The second-order valence-electron chi connectivity index (χ2n) is 16.7. The van der Waals surface area contributed by atoms with Gasteiger partial charge in [0.05, 0.1) is 31.8 Å². The van der Waals surface area contributed by atoms with Crippen LogP contribution < -0.4 is 0 Å². The fraction of sp³-hybridized carbons (Fsp3) is 0.936. The van der Waals surface area contributed by atoms with E-state index < -0.39 is 6.10 Å². The molecule has 55 heavy (non-hydrogen) atoms. The van der Waals surface area contributed by atoms with Crippen molar-refractivity contribution in [3.63, 3.8) is 0 Å². The number of β-amino-alcohol motifs (C(OH)–C–C–N with tert-alkyl or cyclic N) is 1. The second-order valence-corrected chi connectivity index (χ2v) is 16.7. The number of nitrogens with zero attached hydrogens (tertiary/aromatic N) is 1. The molecule has 2 atom stereocenters. The third kappa shape index (κ3) is 30.1. The summed E-state index contributed by atoms with van der Waals surface area (Å²) in [6.07, 6.45) is 35.8. The minimum absolute atomic E-state index is 0.0143. The smallest absolute Gasteiger partial charge is 0.323 e. The number of carbonyl (C=O) groups excluding carboxylic acids is 3. The van der Waals surface area contributed by atoms with Gasteiger partial charge in [0.1, 0.15) is 6.04 Å². The molecule has 1 fully saturated rings. The molecule has 1 N–H and O–H groups in total. The van der Waals surface area contributed by atoms with Gasteiger partial charge < -0.3 is 19.3 Å². The first-order valence-corrected chi connectivity index (χ1v) is 23.8. The molecule has 0 saturated carbocycles. The van der Waals surface area contributed by atoms with Crippen molar-refractivity contribution in [2.24, 2.45) is 5.92 Å². The molecule has 8 nitrogen and oxygen atoms in total. The van der Waals surface area contributed by atoms with Crippen LogP contribution in [0.1, 0.15) is 233 Å². The zero-order valence-corrected chi connectivity index (χ0v) is 36.4. The maximum absolute atomic E-state index is 13.0. The van der Waals surface area contributed by atoms with Crippen LogP contribution in [-0.2, 0) is 28.6 Å². The van der Waals surface area contributed by atoms with Gasteiger partial charge in [0, 0.05) is 19.4 Å². The second kappa shape index (κ2) is 37.9. The molecule has 0 radical (unpaired) electrons. The van der Waals surface area contributed by atoms with E-state index in [-0.39, 0.29) is 29.9 Å². The number of carbonyl (C=O) groups is 3. The molecule has 0 spiro atoms. The van der Waals surface area contributed by atoms with Crippen LogP contribution in [0.5, 0.6) is 0 Å². The van der Waals surface area contributed by atoms with E-state index in [1.54, 1.807) is 0 Å². The number of likely N-dealkylation sites (tertiary alicyclic amines) is 1. The van der Waals surface area contributed by atoms with Gasteiger partial charge in [0.25, 0.3) is 0 Å². The Labute approximate surface area is 339 Å². The number of esters is 3. The Kier molecular flexibility index (Phi) is 35.4. The van der Waals surface area contributed by atoms with E-state index >= 15 is 0 Å². The van der Waals surface area contributed by atoms with E-state index in [2.05, 4.69) is 25.7 Å². The van der Waals surface area contributed by atoms with Crippen LogP contribution in [0.3, 0.4) is 0 Å². The molecule has 0 aromatic heterocycles. The normalized spacial score (nSPS) is 15.9. The Morgan fingerprint density at radius 3 is 1.47 bits per heavy atom. The van der Waals surface area contributed by atoms with Gasteiger partial charge in [-0.3, -0.25) is 19.3 Å². The third-order valence-corrected chi connectivity index (χ3v) is 11.4. The van der Waals surface area contributed by atoms with Gasteiger partial charge in [-0.05, 0) is 57.9 Å². The monoisotopic (exact) mass is 780 g/mol. The quantitative estimate of drug-likeness (QED) is 0.0373. The Morgan fingerprint density at radius 2 is 0.945 bits per heavy atom. The molecule has 1 saturated heterocycles. The van der Waals surface area contributed by atoms with Gasteiger partial charge in [-0.2, -0.15) is 0 Å². The van der Waals surface area contributed by atoms with Crippen LogP contribution in [-0.4, -0.2) is 73.0 Å². The first-order valence-electron chi connectivity index (χ1n) is 23.8. The number of ether oxygens (including phenoxy) is 3. The van der Waals surface area contributed by atoms with Crippen molar-refractivity contribution < 1.29 is 33.7 Å². The van der Waals surface area contributed by atoms with E-state index in [0.29, 0.717) is 39.2 Å². The summed E-state index contributed by atoms with van der Waals surface area (Å²) in [6, 6.07) is -0.384. The molecule has 8 heteroatoms. The maximum Gasteiger partial charge on any atom is 0.323 e. The van der Waals surface area contributed by atoms with E-state index in [1.807, 2.05) is 0 Å². The van der Waals surface area contributed by atoms with Crippen LogP contribution >= 0.6 is 0 Å². The molecular weight excluding hydrogens is 691 g/mol. The lowest BCUT2D eigenvalue weighted by molar-refractivity contribution is -0.150. The summed E-state index contributed by atoms with van der Waals surface area (Å²) in [6.45, 7) is 9.31. The fourth-order valence-corrected chi connectivity index (χ4v) is 7.82. The summed E-state index contributed by atoms with van der Waals surface area (Å²) in [5.41, 5.74) is 0. The third-order valence-electron chi connectivity index (χ3n) is 11.4. The molecular formula is C47H89NO7. The highest BCUT2D eigenvalue weighted by Crippen LogP contribution is 2.22. The predicted molar refractivity (Wildman–Crippen MR) is 227 cm³/mol. The lowest BCUT2D eigenvalue weighted by Crippen LogP contribution is -2.38. The van der Waals surface area contributed by atoms with Crippen molar-refractivity contribution in [3.05, 3.63) is 0 Å². The lowest BCUT2D eigenvalue weighted by atomic mass is 9.94. The topological polar surface area (TPSA) is 102 Å². The van der Waals surface area contributed by atoms with Crippen molar-refractivity contribution >= 4 is 17.9 Å². The van der Waals surface area contributed by atoms with Crippen LogP contribution in [0.4, 0.5) is 0 Å². The standard InChI is InChI=1S/C47H89NO7/c1-4-7-10-13-16-17-18-22-28-35-45(50)53-37-32-25-29-36-48-41-43(49)40-44(48)47(52)55-39-31-24-19-23-30-38-54-46(51)42(33-26-20-14-11-8-5-2)34-27-21-15-12-9-6-3/h42-44,49H,4-41H2,1-3H3/t43?,44-/m0/s1. The van der Waals surface area contributed by atoms with Crippen LogP contribution in [0.2, 0.25) is 0 Å². The molecule has 0 aromatic carbocycles. The van der Waals surface area contributed by atoms with E-state index in [9.17, 15) is 19.5 Å². The van der Waals surface area contributed by atoms with E-state index in [1.165, 1.54) is 109 Å². The molecule has 1 rings (SSSR count). The van der Waals surface area contributed by atoms with Crippen molar-refractivity contribution in [2.45, 2.75) is 245 Å². The zero-order valence-electron chi connectivity index (χ0n) is 36.4. The predicted octanol–water partition coefficient (Wildman–Crippen LogP) is 12.2. The first kappa shape index (κ1) is 51.3. The van der Waals surface area contributed by atoms with E-state index in [4.69, 9.17) is 14.2 Å². The zero-order chi connectivity index (χ0) is 40.0. The molecule has 0 amide bonds. The van der Waals surface area contributed by atoms with Crippen molar-refractivity contribution in [1.29, 1.82) is 0 Å². The highest BCUT2D eigenvalue weighted by molar-refractivity contribution is 5.76. The minimum Gasteiger partial charge on any atom is -0.466 e. The summed E-state index contributed by atoms with van der Waals surface area (Å²) < 4.78 is 16.8. The fourth-order valence-electron chi connectivity index (χ4n) is 7.82. The van der Waals surface area contributed by atoms with Gasteiger partial charge in [-0.25, -0.2) is 0 Å². The number of unbranched alkanes of at least 4 members (excludes halogenated alkanes) is 24. The highest BCUT2D eigenvalue weighted by Gasteiger charge is 2.36. The average Bonchev–Trinajstić information content (AvgIpc) is 3.56. The summed E-state index contributed by atoms with van der Waals surface area (Å²) in [4.78, 5) is 39.9. The van der Waals surface area contributed by atoms with Crippen molar-refractivity contribution in [1.82, 2.24) is 4.90 Å². The van der Waals surface area contributed by atoms with Gasteiger partial charge in [-0.1, -0.05) is 168 Å².